The number of carbonyl (C=O) groups excluding carboxylic acids is 2. The molecular formula is C28H29NO6. The van der Waals surface area contributed by atoms with Crippen molar-refractivity contribution in [2.75, 3.05) is 20.5 Å². The molecule has 1 aliphatic carbocycles. The van der Waals surface area contributed by atoms with Crippen molar-refractivity contribution < 1.29 is 28.5 Å². The van der Waals surface area contributed by atoms with Crippen molar-refractivity contribution in [1.29, 1.82) is 0 Å². The molecular weight excluding hydrogens is 446 g/mol. The number of hydrogen-bond donors (Lipinski definition) is 0. The lowest BCUT2D eigenvalue weighted by molar-refractivity contribution is -0.136. The Morgan fingerprint density at radius 1 is 1.09 bits per heavy atom. The van der Waals surface area contributed by atoms with Crippen LogP contribution in [0.25, 0.3) is 0 Å². The summed E-state index contributed by atoms with van der Waals surface area (Å²) in [5, 5.41) is 0. The number of allylic oxidation sites excluding steroid dienone is 1. The fourth-order valence-corrected chi connectivity index (χ4v) is 5.37. The number of carbonyl (C=O) groups is 2. The number of ether oxygens (including phenoxy) is 4. The molecule has 182 valence electrons. The van der Waals surface area contributed by atoms with Gasteiger partial charge in [-0.3, -0.25) is 9.79 Å². The van der Waals surface area contributed by atoms with Crippen molar-refractivity contribution in [3.8, 4) is 17.2 Å². The Morgan fingerprint density at radius 2 is 1.89 bits per heavy atom. The molecule has 0 N–H and O–H groups in total. The van der Waals surface area contributed by atoms with Crippen molar-refractivity contribution in [3.63, 3.8) is 0 Å². The molecule has 0 saturated heterocycles. The van der Waals surface area contributed by atoms with E-state index >= 15 is 0 Å². The van der Waals surface area contributed by atoms with Crippen LogP contribution in [0.4, 0.5) is 0 Å². The number of Topliss-reactive ketones (excluding diaryl/α,β-unsaturated/α-hetero) is 1. The van der Waals surface area contributed by atoms with Crippen LogP contribution < -0.4 is 14.2 Å². The number of nitrogens with zero attached hydrogens (tertiary/aromatic N) is 1. The lowest BCUT2D eigenvalue weighted by Gasteiger charge is -2.38. The summed E-state index contributed by atoms with van der Waals surface area (Å²) in [6, 6.07) is 13.5. The van der Waals surface area contributed by atoms with Gasteiger partial charge in [0.25, 0.3) is 0 Å². The van der Waals surface area contributed by atoms with E-state index in [2.05, 4.69) is 0 Å². The fourth-order valence-electron chi connectivity index (χ4n) is 5.37. The Kier molecular flexibility index (Phi) is 6.32. The predicted octanol–water partition coefficient (Wildman–Crippen LogP) is 4.95. The van der Waals surface area contributed by atoms with Gasteiger partial charge in [0.05, 0.1) is 25.2 Å². The maximum atomic E-state index is 13.8. The van der Waals surface area contributed by atoms with Crippen LogP contribution in [0.3, 0.4) is 0 Å². The molecule has 2 heterocycles. The first-order valence-electron chi connectivity index (χ1n) is 12.0. The van der Waals surface area contributed by atoms with Crippen molar-refractivity contribution in [2.24, 2.45) is 10.9 Å². The molecule has 7 heteroatoms. The minimum Gasteiger partial charge on any atom is -0.493 e. The van der Waals surface area contributed by atoms with E-state index in [-0.39, 0.29) is 18.5 Å². The van der Waals surface area contributed by atoms with Crippen LogP contribution in [0.2, 0.25) is 0 Å². The van der Waals surface area contributed by atoms with Gasteiger partial charge < -0.3 is 18.9 Å². The van der Waals surface area contributed by atoms with Crippen LogP contribution in [-0.4, -0.2) is 38.0 Å². The van der Waals surface area contributed by atoms with Gasteiger partial charge in [-0.05, 0) is 49.4 Å². The lowest BCUT2D eigenvalue weighted by Crippen LogP contribution is -2.41. The van der Waals surface area contributed by atoms with Gasteiger partial charge in [-0.15, -0.1) is 0 Å². The standard InChI is InChI=1S/C28H29NO6/c1-4-11-33-22-8-6-5-7-19(22)26-25(28(31)32-3)16(2)29-20-12-18(13-21(30)27(20)26)17-9-10-23-24(14-17)35-15-34-23/h5-10,14,18,26-27H,4,11-13,15H2,1-3H3/t18-,26-,27?/m0/s1. The normalized spacial score (nSPS) is 23.0. The van der Waals surface area contributed by atoms with E-state index in [4.69, 9.17) is 23.9 Å². The monoisotopic (exact) mass is 475 g/mol. The highest BCUT2D eigenvalue weighted by Crippen LogP contribution is 2.48. The number of para-hydroxylation sites is 1. The summed E-state index contributed by atoms with van der Waals surface area (Å²) in [6.45, 7) is 4.61. The average molecular weight is 476 g/mol. The number of benzene rings is 2. The third-order valence-electron chi connectivity index (χ3n) is 6.94. The van der Waals surface area contributed by atoms with E-state index in [1.54, 1.807) is 0 Å². The zero-order valence-corrected chi connectivity index (χ0v) is 20.2. The summed E-state index contributed by atoms with van der Waals surface area (Å²) in [4.78, 5) is 31.5. The third kappa shape index (κ3) is 4.20. The molecule has 0 spiro atoms. The van der Waals surface area contributed by atoms with Crippen LogP contribution in [-0.2, 0) is 14.3 Å². The first-order chi connectivity index (χ1) is 17.0. The molecule has 3 atom stereocenters. The van der Waals surface area contributed by atoms with E-state index in [0.29, 0.717) is 48.0 Å². The van der Waals surface area contributed by atoms with E-state index in [9.17, 15) is 9.59 Å². The van der Waals surface area contributed by atoms with Gasteiger partial charge in [-0.1, -0.05) is 31.2 Å². The summed E-state index contributed by atoms with van der Waals surface area (Å²) in [5.74, 6) is 0.624. The Morgan fingerprint density at radius 3 is 2.69 bits per heavy atom. The molecule has 0 aromatic heterocycles. The van der Waals surface area contributed by atoms with E-state index < -0.39 is 17.8 Å². The first kappa shape index (κ1) is 23.1. The number of rotatable bonds is 6. The molecule has 7 nitrogen and oxygen atoms in total. The molecule has 2 aliphatic heterocycles. The van der Waals surface area contributed by atoms with Crippen molar-refractivity contribution in [2.45, 2.75) is 44.9 Å². The quantitative estimate of drug-likeness (QED) is 0.550. The molecule has 3 aliphatic rings. The van der Waals surface area contributed by atoms with Gasteiger partial charge in [0.2, 0.25) is 6.79 Å². The lowest BCUT2D eigenvalue weighted by atomic mass is 9.66. The number of esters is 1. The second-order valence-electron chi connectivity index (χ2n) is 9.12. The second kappa shape index (κ2) is 9.56. The van der Waals surface area contributed by atoms with E-state index in [1.807, 2.05) is 56.3 Å². The highest BCUT2D eigenvalue weighted by Gasteiger charge is 2.47. The van der Waals surface area contributed by atoms with Crippen LogP contribution >= 0.6 is 0 Å². The van der Waals surface area contributed by atoms with Gasteiger partial charge in [0.1, 0.15) is 11.5 Å². The number of methoxy groups -OCH3 is 1. The maximum absolute atomic E-state index is 13.8. The zero-order chi connectivity index (χ0) is 24.5. The average Bonchev–Trinajstić information content (AvgIpc) is 3.34. The van der Waals surface area contributed by atoms with E-state index in [1.165, 1.54) is 7.11 Å². The maximum Gasteiger partial charge on any atom is 0.336 e. The molecule has 1 saturated carbocycles. The topological polar surface area (TPSA) is 83.4 Å². The van der Waals surface area contributed by atoms with Gasteiger partial charge in [0.15, 0.2) is 11.5 Å². The van der Waals surface area contributed by atoms with Gasteiger partial charge >= 0.3 is 5.97 Å². The molecule has 1 unspecified atom stereocenters. The third-order valence-corrected chi connectivity index (χ3v) is 6.94. The SMILES string of the molecule is CCCOc1ccccc1[C@H]1C(C(=O)OC)=C(C)N=C2C[C@H](c3ccc4c(c3)OCO4)CC(=O)C21. The van der Waals surface area contributed by atoms with Crippen LogP contribution in [0.15, 0.2) is 58.7 Å². The molecule has 35 heavy (non-hydrogen) atoms. The molecule has 0 radical (unpaired) electrons. The largest absolute Gasteiger partial charge is 0.493 e. The molecule has 0 amide bonds. The molecule has 5 rings (SSSR count). The molecule has 2 aromatic rings. The van der Waals surface area contributed by atoms with Crippen LogP contribution in [0.5, 0.6) is 17.2 Å². The summed E-state index contributed by atoms with van der Waals surface area (Å²) >= 11 is 0. The van der Waals surface area contributed by atoms with Gasteiger partial charge in [-0.25, -0.2) is 4.79 Å². The summed E-state index contributed by atoms with van der Waals surface area (Å²) in [6.07, 6.45) is 1.83. The number of aliphatic imine (C=N–C) groups is 1. The highest BCUT2D eigenvalue weighted by molar-refractivity contribution is 6.12. The Balaban J connectivity index is 1.56. The fraction of sp³-hybridized carbons (Fsp3) is 0.393. The van der Waals surface area contributed by atoms with E-state index in [0.717, 1.165) is 23.3 Å². The Labute approximate surface area is 204 Å². The van der Waals surface area contributed by atoms with Gasteiger partial charge in [0, 0.05) is 29.3 Å². The Hall–Kier alpha value is -3.61. The number of ketones is 1. The van der Waals surface area contributed by atoms with Crippen molar-refractivity contribution in [3.05, 3.63) is 64.9 Å². The van der Waals surface area contributed by atoms with Crippen molar-refractivity contribution >= 4 is 17.5 Å². The number of hydrogen-bond acceptors (Lipinski definition) is 7. The zero-order valence-electron chi connectivity index (χ0n) is 20.2. The van der Waals surface area contributed by atoms with Crippen LogP contribution in [0.1, 0.15) is 56.1 Å². The smallest absolute Gasteiger partial charge is 0.336 e. The summed E-state index contributed by atoms with van der Waals surface area (Å²) < 4.78 is 22.1. The molecule has 1 fully saturated rings. The Bertz CT molecular complexity index is 1230. The second-order valence-corrected chi connectivity index (χ2v) is 9.12. The predicted molar refractivity (Wildman–Crippen MR) is 130 cm³/mol. The molecule has 0 bridgehead atoms. The van der Waals surface area contributed by atoms with Crippen molar-refractivity contribution in [1.82, 2.24) is 0 Å². The number of fused-ring (bicyclic) bond motifs is 2. The minimum absolute atomic E-state index is 0.0216. The van der Waals surface area contributed by atoms with Gasteiger partial charge in [-0.2, -0.15) is 0 Å². The minimum atomic E-state index is -0.538. The summed E-state index contributed by atoms with van der Waals surface area (Å²) in [5.41, 5.74) is 3.63. The van der Waals surface area contributed by atoms with Crippen LogP contribution in [0, 0.1) is 5.92 Å². The highest BCUT2D eigenvalue weighted by atomic mass is 16.7. The molecule has 2 aromatic carbocycles. The first-order valence-corrected chi connectivity index (χ1v) is 12.0. The summed E-state index contributed by atoms with van der Waals surface area (Å²) in [7, 11) is 1.36.